The lowest BCUT2D eigenvalue weighted by atomic mass is 9.96. The highest BCUT2D eigenvalue weighted by molar-refractivity contribution is 5.81. The number of ether oxygens (including phenoxy) is 1. The highest BCUT2D eigenvalue weighted by Gasteiger charge is 2.49. The van der Waals surface area contributed by atoms with E-state index in [1.54, 1.807) is 0 Å². The Hall–Kier alpha value is -0.610. The second kappa shape index (κ2) is 6.44. The predicted octanol–water partition coefficient (Wildman–Crippen LogP) is 2.32. The topological polar surface area (TPSA) is 41.6 Å². The molecular weight excluding hydrogens is 252 g/mol. The highest BCUT2D eigenvalue weighted by Crippen LogP contribution is 2.37. The van der Waals surface area contributed by atoms with E-state index >= 15 is 0 Å². The number of esters is 1. The molecule has 2 atom stereocenters. The smallest absolute Gasteiger partial charge is 0.326 e. The van der Waals surface area contributed by atoms with E-state index < -0.39 is 5.54 Å². The number of hydrogen-bond donors (Lipinski definition) is 1. The molecule has 0 aromatic heterocycles. The fourth-order valence-electron chi connectivity index (χ4n) is 3.72. The maximum atomic E-state index is 12.3. The Balaban J connectivity index is 2.04. The molecule has 116 valence electrons. The maximum absolute atomic E-state index is 12.3. The molecular formula is C16H30N2O2. The van der Waals surface area contributed by atoms with Crippen molar-refractivity contribution in [3.63, 3.8) is 0 Å². The highest BCUT2D eigenvalue weighted by atomic mass is 16.5. The van der Waals surface area contributed by atoms with Crippen LogP contribution in [0.1, 0.15) is 58.8 Å². The van der Waals surface area contributed by atoms with Crippen LogP contribution in [0.2, 0.25) is 0 Å². The van der Waals surface area contributed by atoms with Gasteiger partial charge >= 0.3 is 5.97 Å². The molecule has 4 heteroatoms. The summed E-state index contributed by atoms with van der Waals surface area (Å²) in [6.07, 6.45) is 7.63. The molecule has 0 bridgehead atoms. The van der Waals surface area contributed by atoms with Crippen LogP contribution in [0.5, 0.6) is 0 Å². The second-order valence-corrected chi connectivity index (χ2v) is 6.52. The molecule has 0 amide bonds. The molecule has 0 heterocycles. The minimum Gasteiger partial charge on any atom is -0.468 e. The van der Waals surface area contributed by atoms with Gasteiger partial charge in [-0.25, -0.2) is 0 Å². The van der Waals surface area contributed by atoms with Gasteiger partial charge in [-0.05, 0) is 52.0 Å². The number of hydrogen-bond acceptors (Lipinski definition) is 4. The average molecular weight is 282 g/mol. The molecule has 0 aromatic rings. The van der Waals surface area contributed by atoms with Crippen LogP contribution in [0.15, 0.2) is 0 Å². The number of methoxy groups -OCH3 is 1. The van der Waals surface area contributed by atoms with Crippen LogP contribution < -0.4 is 5.32 Å². The molecule has 2 aliphatic rings. The van der Waals surface area contributed by atoms with E-state index in [2.05, 4.69) is 31.1 Å². The summed E-state index contributed by atoms with van der Waals surface area (Å²) in [5.74, 6) is -0.0650. The third kappa shape index (κ3) is 3.17. The Kier molecular flexibility index (Phi) is 5.08. The zero-order valence-corrected chi connectivity index (χ0v) is 13.4. The van der Waals surface area contributed by atoms with E-state index in [0.29, 0.717) is 18.1 Å². The Morgan fingerprint density at radius 1 is 1.35 bits per heavy atom. The molecule has 1 N–H and O–H groups in total. The van der Waals surface area contributed by atoms with Crippen molar-refractivity contribution < 1.29 is 9.53 Å². The number of carbonyl (C=O) groups is 1. The molecule has 2 unspecified atom stereocenters. The third-order valence-electron chi connectivity index (χ3n) is 5.22. The van der Waals surface area contributed by atoms with Gasteiger partial charge in [-0.3, -0.25) is 10.1 Å². The van der Waals surface area contributed by atoms with Gasteiger partial charge in [0.05, 0.1) is 7.11 Å². The Labute approximate surface area is 123 Å². The molecule has 2 rings (SSSR count). The molecule has 4 nitrogen and oxygen atoms in total. The SMILES string of the molecule is CCC(CC)N(C)C1CCC(NC2CC2)(C(=O)OC)C1. The first-order chi connectivity index (χ1) is 9.56. The molecule has 0 radical (unpaired) electrons. The quantitative estimate of drug-likeness (QED) is 0.728. The number of carbonyl (C=O) groups excluding carboxylic acids is 1. The van der Waals surface area contributed by atoms with Gasteiger partial charge in [-0.1, -0.05) is 13.8 Å². The molecule has 2 fully saturated rings. The van der Waals surface area contributed by atoms with Crippen LogP contribution in [-0.2, 0) is 9.53 Å². The fraction of sp³-hybridized carbons (Fsp3) is 0.938. The van der Waals surface area contributed by atoms with Crippen molar-refractivity contribution in [2.24, 2.45) is 0 Å². The number of nitrogens with zero attached hydrogens (tertiary/aromatic N) is 1. The Morgan fingerprint density at radius 3 is 2.50 bits per heavy atom. The summed E-state index contributed by atoms with van der Waals surface area (Å²) in [5.41, 5.74) is -0.430. The van der Waals surface area contributed by atoms with Crippen molar-refractivity contribution in [3.8, 4) is 0 Å². The van der Waals surface area contributed by atoms with E-state index in [-0.39, 0.29) is 5.97 Å². The summed E-state index contributed by atoms with van der Waals surface area (Å²) in [4.78, 5) is 14.8. The van der Waals surface area contributed by atoms with Crippen molar-refractivity contribution in [1.82, 2.24) is 10.2 Å². The minimum absolute atomic E-state index is 0.0650. The molecule has 0 saturated heterocycles. The van der Waals surface area contributed by atoms with Gasteiger partial charge in [0.1, 0.15) is 5.54 Å². The largest absolute Gasteiger partial charge is 0.468 e. The van der Waals surface area contributed by atoms with Crippen molar-refractivity contribution >= 4 is 5.97 Å². The standard InChI is InChI=1S/C16H30N2O2/c1-5-13(6-2)18(3)14-9-10-16(11-14,15(19)20-4)17-12-7-8-12/h12-14,17H,5-11H2,1-4H3. The van der Waals surface area contributed by atoms with Gasteiger partial charge in [-0.15, -0.1) is 0 Å². The Morgan fingerprint density at radius 2 is 2.00 bits per heavy atom. The van der Waals surface area contributed by atoms with E-state index in [1.807, 2.05) is 0 Å². The number of nitrogens with one attached hydrogen (secondary N) is 1. The zero-order valence-electron chi connectivity index (χ0n) is 13.4. The molecule has 0 spiro atoms. The van der Waals surface area contributed by atoms with Crippen molar-refractivity contribution in [2.45, 2.75) is 82.5 Å². The van der Waals surface area contributed by atoms with E-state index in [0.717, 1.165) is 19.3 Å². The van der Waals surface area contributed by atoms with Crippen LogP contribution in [0, 0.1) is 0 Å². The Bertz CT molecular complexity index is 339. The van der Waals surface area contributed by atoms with Crippen LogP contribution in [0.4, 0.5) is 0 Å². The van der Waals surface area contributed by atoms with Gasteiger partial charge in [0, 0.05) is 18.1 Å². The summed E-state index contributed by atoms with van der Waals surface area (Å²) < 4.78 is 5.09. The average Bonchev–Trinajstić information content (AvgIpc) is 3.16. The van der Waals surface area contributed by atoms with Crippen LogP contribution in [0.3, 0.4) is 0 Å². The second-order valence-electron chi connectivity index (χ2n) is 6.52. The normalized spacial score (nSPS) is 30.2. The monoisotopic (exact) mass is 282 g/mol. The molecule has 20 heavy (non-hydrogen) atoms. The lowest BCUT2D eigenvalue weighted by Gasteiger charge is -2.34. The first-order valence-electron chi connectivity index (χ1n) is 8.14. The van der Waals surface area contributed by atoms with Gasteiger partial charge in [0.15, 0.2) is 0 Å². The van der Waals surface area contributed by atoms with Gasteiger partial charge < -0.3 is 9.64 Å². The molecule has 2 saturated carbocycles. The first kappa shape index (κ1) is 15.8. The zero-order chi connectivity index (χ0) is 14.8. The molecule has 0 aromatic carbocycles. The van der Waals surface area contributed by atoms with E-state index in [1.165, 1.54) is 32.8 Å². The fourth-order valence-corrected chi connectivity index (χ4v) is 3.72. The van der Waals surface area contributed by atoms with Crippen LogP contribution in [-0.4, -0.2) is 48.7 Å². The van der Waals surface area contributed by atoms with Gasteiger partial charge in [0.25, 0.3) is 0 Å². The van der Waals surface area contributed by atoms with Crippen LogP contribution >= 0.6 is 0 Å². The van der Waals surface area contributed by atoms with E-state index in [4.69, 9.17) is 4.74 Å². The summed E-state index contributed by atoms with van der Waals surface area (Å²) in [6, 6.07) is 1.64. The molecule has 0 aliphatic heterocycles. The summed E-state index contributed by atoms with van der Waals surface area (Å²) in [5, 5.41) is 3.58. The maximum Gasteiger partial charge on any atom is 0.326 e. The van der Waals surface area contributed by atoms with Gasteiger partial charge in [-0.2, -0.15) is 0 Å². The van der Waals surface area contributed by atoms with Crippen LogP contribution in [0.25, 0.3) is 0 Å². The lowest BCUT2D eigenvalue weighted by molar-refractivity contribution is -0.148. The summed E-state index contributed by atoms with van der Waals surface area (Å²) >= 11 is 0. The third-order valence-corrected chi connectivity index (χ3v) is 5.22. The van der Waals surface area contributed by atoms with E-state index in [9.17, 15) is 4.79 Å². The summed E-state index contributed by atoms with van der Waals surface area (Å²) in [6.45, 7) is 4.49. The number of rotatable bonds is 7. The minimum atomic E-state index is -0.430. The predicted molar refractivity (Wildman–Crippen MR) is 80.7 cm³/mol. The molecule has 2 aliphatic carbocycles. The lowest BCUT2D eigenvalue weighted by Crippen LogP contribution is -2.53. The summed E-state index contributed by atoms with van der Waals surface area (Å²) in [7, 11) is 3.73. The van der Waals surface area contributed by atoms with Crippen molar-refractivity contribution in [1.29, 1.82) is 0 Å². The van der Waals surface area contributed by atoms with Gasteiger partial charge in [0.2, 0.25) is 0 Å². The van der Waals surface area contributed by atoms with Crippen molar-refractivity contribution in [3.05, 3.63) is 0 Å². The van der Waals surface area contributed by atoms with Crippen molar-refractivity contribution in [2.75, 3.05) is 14.2 Å². The first-order valence-corrected chi connectivity index (χ1v) is 8.14.